The molecule has 15 heavy (non-hydrogen) atoms. The molecule has 0 radical (unpaired) electrons. The van der Waals surface area contributed by atoms with Crippen LogP contribution in [0.5, 0.6) is 0 Å². The van der Waals surface area contributed by atoms with Gasteiger partial charge in [-0.2, -0.15) is 0 Å². The van der Waals surface area contributed by atoms with Gasteiger partial charge in [0.25, 0.3) is 0 Å². The number of hydrazine groups is 1. The molecule has 1 aliphatic rings. The fourth-order valence-corrected chi connectivity index (χ4v) is 2.72. The van der Waals surface area contributed by atoms with Gasteiger partial charge in [0.2, 0.25) is 5.91 Å². The number of aromatic nitrogens is 1. The summed E-state index contributed by atoms with van der Waals surface area (Å²) >= 11 is 4.32. The SMILES string of the molecule is O=C(CSN1NC=CS1)Nc1nccs1. The molecule has 0 aromatic carbocycles. The van der Waals surface area contributed by atoms with Gasteiger partial charge in [0.05, 0.1) is 5.75 Å². The van der Waals surface area contributed by atoms with Gasteiger partial charge in [0.15, 0.2) is 5.13 Å². The first-order valence-corrected chi connectivity index (χ1v) is 6.71. The first-order valence-electron chi connectivity index (χ1n) is 4.05. The summed E-state index contributed by atoms with van der Waals surface area (Å²) in [4.78, 5) is 15.4. The number of anilines is 1. The van der Waals surface area contributed by atoms with Gasteiger partial charge in [-0.05, 0) is 23.9 Å². The van der Waals surface area contributed by atoms with E-state index in [1.807, 2.05) is 17.0 Å². The number of carbonyl (C=O) groups is 1. The number of amides is 1. The molecule has 1 aromatic heterocycles. The monoisotopic (exact) mass is 260 g/mol. The smallest absolute Gasteiger partial charge is 0.237 e. The molecule has 0 fully saturated rings. The highest BCUT2D eigenvalue weighted by molar-refractivity contribution is 8.13. The summed E-state index contributed by atoms with van der Waals surface area (Å²) in [5.74, 6) is 0.311. The quantitative estimate of drug-likeness (QED) is 0.803. The Labute approximate surface area is 99.6 Å². The molecule has 0 aliphatic carbocycles. The molecule has 0 saturated heterocycles. The summed E-state index contributed by atoms with van der Waals surface area (Å²) in [6.07, 6.45) is 3.48. The molecule has 1 amide bonds. The second kappa shape index (κ2) is 5.40. The van der Waals surface area contributed by atoms with Crippen molar-refractivity contribution < 1.29 is 4.79 Å². The Kier molecular flexibility index (Phi) is 3.89. The highest BCUT2D eigenvalue weighted by Crippen LogP contribution is 2.23. The lowest BCUT2D eigenvalue weighted by atomic mass is 10.7. The second-order valence-electron chi connectivity index (χ2n) is 2.45. The van der Waals surface area contributed by atoms with Crippen molar-refractivity contribution in [2.75, 3.05) is 11.1 Å². The molecule has 0 unspecified atom stereocenters. The molecule has 1 aliphatic heterocycles. The maximum atomic E-state index is 11.4. The minimum atomic E-state index is -0.0516. The fraction of sp³-hybridized carbons (Fsp3) is 0.143. The Morgan fingerprint density at radius 2 is 2.67 bits per heavy atom. The average Bonchev–Trinajstić information content (AvgIpc) is 2.86. The first-order chi connectivity index (χ1) is 7.34. The predicted molar refractivity (Wildman–Crippen MR) is 64.9 cm³/mol. The van der Waals surface area contributed by atoms with Crippen molar-refractivity contribution in [1.29, 1.82) is 0 Å². The normalized spacial score (nSPS) is 15.2. The van der Waals surface area contributed by atoms with E-state index in [1.165, 1.54) is 35.2 Å². The van der Waals surface area contributed by atoms with Crippen LogP contribution < -0.4 is 10.7 Å². The largest absolute Gasteiger partial charge is 0.306 e. The van der Waals surface area contributed by atoms with Crippen LogP contribution in [-0.2, 0) is 4.79 Å². The number of thiazole rings is 1. The van der Waals surface area contributed by atoms with Crippen molar-refractivity contribution in [3.63, 3.8) is 0 Å². The zero-order valence-electron chi connectivity index (χ0n) is 7.54. The van der Waals surface area contributed by atoms with Crippen LogP contribution in [0.1, 0.15) is 0 Å². The zero-order valence-corrected chi connectivity index (χ0v) is 9.99. The van der Waals surface area contributed by atoms with Crippen LogP contribution >= 0.6 is 35.2 Å². The Bertz CT molecular complexity index is 345. The lowest BCUT2D eigenvalue weighted by Gasteiger charge is -2.11. The maximum Gasteiger partial charge on any atom is 0.237 e. The molecule has 2 N–H and O–H groups in total. The highest BCUT2D eigenvalue weighted by atomic mass is 32.2. The highest BCUT2D eigenvalue weighted by Gasteiger charge is 2.11. The first kappa shape index (κ1) is 10.8. The molecule has 0 saturated carbocycles. The number of hydrogen-bond donors (Lipinski definition) is 2. The van der Waals surface area contributed by atoms with Gasteiger partial charge < -0.3 is 10.7 Å². The van der Waals surface area contributed by atoms with Crippen molar-refractivity contribution in [3.05, 3.63) is 23.2 Å². The zero-order chi connectivity index (χ0) is 10.5. The number of hydrogen-bond acceptors (Lipinski definition) is 7. The van der Waals surface area contributed by atoms with E-state index in [4.69, 9.17) is 0 Å². The van der Waals surface area contributed by atoms with E-state index in [-0.39, 0.29) is 5.91 Å². The fourth-order valence-electron chi connectivity index (χ4n) is 0.833. The Hall–Kier alpha value is -0.700. The summed E-state index contributed by atoms with van der Waals surface area (Å²) in [5.41, 5.74) is 2.96. The summed E-state index contributed by atoms with van der Waals surface area (Å²) < 4.78 is 1.81. The maximum absolute atomic E-state index is 11.4. The van der Waals surface area contributed by atoms with E-state index in [0.29, 0.717) is 10.9 Å². The molecule has 1 aromatic rings. The number of nitrogens with one attached hydrogen (secondary N) is 2. The van der Waals surface area contributed by atoms with E-state index in [0.717, 1.165) is 0 Å². The standard InChI is InChI=1S/C7H8N4OS3/c12-6(10-7-8-1-3-13-7)5-15-11-9-2-4-14-11/h1-4,9H,5H2,(H,8,10,12). The van der Waals surface area contributed by atoms with Crippen LogP contribution in [0.15, 0.2) is 23.2 Å². The molecule has 0 atom stereocenters. The summed E-state index contributed by atoms with van der Waals surface area (Å²) in [6, 6.07) is 0. The molecule has 8 heteroatoms. The number of carbonyl (C=O) groups excluding carboxylic acids is 1. The third kappa shape index (κ3) is 3.42. The number of rotatable bonds is 4. The van der Waals surface area contributed by atoms with Crippen LogP contribution in [0, 0.1) is 0 Å². The van der Waals surface area contributed by atoms with Gasteiger partial charge in [-0.3, -0.25) is 4.79 Å². The summed E-state index contributed by atoms with van der Waals surface area (Å²) in [6.45, 7) is 0. The van der Waals surface area contributed by atoms with E-state index < -0.39 is 0 Å². The summed E-state index contributed by atoms with van der Waals surface area (Å²) in [5, 5.41) is 7.08. The van der Waals surface area contributed by atoms with E-state index >= 15 is 0 Å². The summed E-state index contributed by atoms with van der Waals surface area (Å²) in [7, 11) is 0. The van der Waals surface area contributed by atoms with E-state index in [1.54, 1.807) is 10.0 Å². The lowest BCUT2D eigenvalue weighted by molar-refractivity contribution is -0.113. The van der Waals surface area contributed by atoms with E-state index in [2.05, 4.69) is 15.7 Å². The third-order valence-electron chi connectivity index (χ3n) is 1.40. The van der Waals surface area contributed by atoms with Crippen molar-refractivity contribution in [2.45, 2.75) is 0 Å². The molecule has 80 valence electrons. The van der Waals surface area contributed by atoms with Gasteiger partial charge >= 0.3 is 0 Å². The average molecular weight is 260 g/mol. The molecule has 2 heterocycles. The van der Waals surface area contributed by atoms with Gasteiger partial charge in [-0.15, -0.1) is 15.2 Å². The van der Waals surface area contributed by atoms with Crippen LogP contribution in [0.4, 0.5) is 5.13 Å². The van der Waals surface area contributed by atoms with Crippen molar-refractivity contribution in [2.24, 2.45) is 0 Å². The second-order valence-corrected chi connectivity index (χ2v) is 5.34. The molecule has 2 rings (SSSR count). The van der Waals surface area contributed by atoms with Crippen molar-refractivity contribution in [1.82, 2.24) is 14.2 Å². The molecular formula is C7H8N4OS3. The van der Waals surface area contributed by atoms with Gasteiger partial charge in [-0.25, -0.2) is 4.98 Å². The topological polar surface area (TPSA) is 57.3 Å². The van der Waals surface area contributed by atoms with Crippen LogP contribution in [0.2, 0.25) is 0 Å². The van der Waals surface area contributed by atoms with Crippen molar-refractivity contribution >= 4 is 46.3 Å². The third-order valence-corrected chi connectivity index (χ3v) is 3.94. The van der Waals surface area contributed by atoms with Gasteiger partial charge in [0.1, 0.15) is 0 Å². The predicted octanol–water partition coefficient (Wildman–Crippen LogP) is 1.67. The Balaban J connectivity index is 1.68. The van der Waals surface area contributed by atoms with Crippen LogP contribution in [-0.4, -0.2) is 20.5 Å². The van der Waals surface area contributed by atoms with Gasteiger partial charge in [-0.1, -0.05) is 0 Å². The number of nitrogens with zero attached hydrogens (tertiary/aromatic N) is 2. The molecule has 0 spiro atoms. The van der Waals surface area contributed by atoms with Crippen molar-refractivity contribution in [3.8, 4) is 0 Å². The van der Waals surface area contributed by atoms with E-state index in [9.17, 15) is 4.79 Å². The van der Waals surface area contributed by atoms with Gasteiger partial charge in [0, 0.05) is 23.2 Å². The Morgan fingerprint density at radius 1 is 1.73 bits per heavy atom. The molecule has 0 bridgehead atoms. The molecule has 5 nitrogen and oxygen atoms in total. The lowest BCUT2D eigenvalue weighted by Crippen LogP contribution is -2.21. The Morgan fingerprint density at radius 3 is 3.33 bits per heavy atom. The molecular weight excluding hydrogens is 252 g/mol. The van der Waals surface area contributed by atoms with Crippen LogP contribution in [0.25, 0.3) is 0 Å². The minimum Gasteiger partial charge on any atom is -0.306 e. The minimum absolute atomic E-state index is 0.0516. The van der Waals surface area contributed by atoms with Crippen LogP contribution in [0.3, 0.4) is 0 Å².